The van der Waals surface area contributed by atoms with Gasteiger partial charge in [-0.25, -0.2) is 4.98 Å². The molecule has 0 fully saturated rings. The highest BCUT2D eigenvalue weighted by molar-refractivity contribution is 5.11. The number of benzene rings is 1. The van der Waals surface area contributed by atoms with E-state index in [1.165, 1.54) is 5.56 Å². The first-order valence-electron chi connectivity index (χ1n) is 5.23. The first-order valence-corrected chi connectivity index (χ1v) is 5.23. The van der Waals surface area contributed by atoms with E-state index in [2.05, 4.69) is 35.5 Å². The number of hydrogen-bond acceptors (Lipinski definition) is 1. The van der Waals surface area contributed by atoms with Crippen LogP contribution in [0.4, 0.5) is 0 Å². The molecule has 0 saturated heterocycles. The van der Waals surface area contributed by atoms with Crippen molar-refractivity contribution in [3.8, 4) is 0 Å². The third-order valence-electron chi connectivity index (χ3n) is 2.20. The van der Waals surface area contributed by atoms with Gasteiger partial charge < -0.3 is 4.57 Å². The van der Waals surface area contributed by atoms with Crippen LogP contribution in [0.2, 0.25) is 0 Å². The van der Waals surface area contributed by atoms with Crippen LogP contribution < -0.4 is 0 Å². The number of rotatable bonds is 1. The summed E-state index contributed by atoms with van der Waals surface area (Å²) in [5.41, 5.74) is 1.32. The van der Waals surface area contributed by atoms with Crippen LogP contribution in [0.3, 0.4) is 0 Å². The largest absolute Gasteiger partial charge is 0.335 e. The zero-order valence-corrected chi connectivity index (χ0v) is 9.64. The molecular formula is C13H18N2. The lowest BCUT2D eigenvalue weighted by Gasteiger charge is -1.95. The molecule has 0 aliphatic carbocycles. The Balaban J connectivity index is 0.000000151. The topological polar surface area (TPSA) is 17.8 Å². The molecule has 1 aromatic heterocycles. The van der Waals surface area contributed by atoms with Gasteiger partial charge in [0.05, 0.1) is 0 Å². The molecule has 0 spiro atoms. The summed E-state index contributed by atoms with van der Waals surface area (Å²) in [6, 6.07) is 10.3. The van der Waals surface area contributed by atoms with Gasteiger partial charge in [-0.3, -0.25) is 0 Å². The van der Waals surface area contributed by atoms with E-state index in [1.807, 2.05) is 37.5 Å². The van der Waals surface area contributed by atoms with Crippen molar-refractivity contribution in [3.05, 3.63) is 54.1 Å². The summed E-state index contributed by atoms with van der Waals surface area (Å²) in [4.78, 5) is 4.05. The van der Waals surface area contributed by atoms with Gasteiger partial charge in [0.1, 0.15) is 5.82 Å². The molecule has 0 aliphatic rings. The van der Waals surface area contributed by atoms with Gasteiger partial charge in [0.15, 0.2) is 0 Å². The van der Waals surface area contributed by atoms with E-state index in [4.69, 9.17) is 0 Å². The molecule has 80 valence electrons. The van der Waals surface area contributed by atoms with E-state index in [-0.39, 0.29) is 0 Å². The van der Waals surface area contributed by atoms with Crippen LogP contribution in [0.5, 0.6) is 0 Å². The van der Waals surface area contributed by atoms with Gasteiger partial charge in [0, 0.05) is 18.9 Å². The van der Waals surface area contributed by atoms with Crippen molar-refractivity contribution in [1.29, 1.82) is 0 Å². The number of imidazole rings is 1. The quantitative estimate of drug-likeness (QED) is 0.694. The molecule has 1 aromatic carbocycles. The standard InChI is InChI=1S/C7H8.C6H10N2/c1-7-5-3-2-4-6-7;1-3-8-5-4-7-6(8)2/h2-6H,1H3;4-5H,3H2,1-2H3. The molecule has 0 aliphatic heterocycles. The molecule has 2 rings (SSSR count). The van der Waals surface area contributed by atoms with Crippen molar-refractivity contribution in [2.24, 2.45) is 0 Å². The number of nitrogens with zero attached hydrogens (tertiary/aromatic N) is 2. The van der Waals surface area contributed by atoms with Crippen LogP contribution in [0.1, 0.15) is 18.3 Å². The van der Waals surface area contributed by atoms with E-state index < -0.39 is 0 Å². The maximum absolute atomic E-state index is 4.05. The third kappa shape index (κ3) is 3.98. The minimum Gasteiger partial charge on any atom is -0.335 e. The average molecular weight is 202 g/mol. The summed E-state index contributed by atoms with van der Waals surface area (Å²) in [5, 5.41) is 0. The fourth-order valence-electron chi connectivity index (χ4n) is 1.27. The van der Waals surface area contributed by atoms with Crippen molar-refractivity contribution >= 4 is 0 Å². The summed E-state index contributed by atoms with van der Waals surface area (Å²) in [7, 11) is 0. The van der Waals surface area contributed by atoms with E-state index >= 15 is 0 Å². The highest BCUT2D eigenvalue weighted by atomic mass is 15.0. The maximum Gasteiger partial charge on any atom is 0.105 e. The predicted octanol–water partition coefficient (Wildman–Crippen LogP) is 3.21. The number of hydrogen-bond donors (Lipinski definition) is 0. The Hall–Kier alpha value is -1.57. The Labute approximate surface area is 91.6 Å². The lowest BCUT2D eigenvalue weighted by atomic mass is 10.2. The smallest absolute Gasteiger partial charge is 0.105 e. The van der Waals surface area contributed by atoms with Gasteiger partial charge in [-0.1, -0.05) is 35.9 Å². The summed E-state index contributed by atoms with van der Waals surface area (Å²) in [6.45, 7) is 7.21. The zero-order valence-electron chi connectivity index (χ0n) is 9.64. The lowest BCUT2D eigenvalue weighted by molar-refractivity contribution is 0.730. The van der Waals surface area contributed by atoms with Crippen LogP contribution >= 0.6 is 0 Å². The monoisotopic (exact) mass is 202 g/mol. The summed E-state index contributed by atoms with van der Waals surface area (Å²) < 4.78 is 2.10. The molecule has 0 amide bonds. The minimum atomic E-state index is 1.02. The molecule has 0 radical (unpaired) electrons. The summed E-state index contributed by atoms with van der Waals surface area (Å²) in [6.07, 6.45) is 3.80. The number of aromatic nitrogens is 2. The highest BCUT2D eigenvalue weighted by Gasteiger charge is 1.88. The summed E-state index contributed by atoms with van der Waals surface area (Å²) >= 11 is 0. The van der Waals surface area contributed by atoms with Crippen LogP contribution in [-0.2, 0) is 6.54 Å². The Morgan fingerprint density at radius 3 is 2.07 bits per heavy atom. The normalized spacial score (nSPS) is 9.27. The molecule has 0 saturated carbocycles. The first kappa shape index (κ1) is 11.5. The van der Waals surface area contributed by atoms with Crippen molar-refractivity contribution < 1.29 is 0 Å². The Morgan fingerprint density at radius 1 is 1.13 bits per heavy atom. The SMILES string of the molecule is CCn1ccnc1C.Cc1ccccc1. The van der Waals surface area contributed by atoms with Gasteiger partial charge in [-0.2, -0.15) is 0 Å². The molecule has 0 bridgehead atoms. The Morgan fingerprint density at radius 2 is 1.80 bits per heavy atom. The molecule has 2 nitrogen and oxygen atoms in total. The van der Waals surface area contributed by atoms with Crippen LogP contribution in [-0.4, -0.2) is 9.55 Å². The molecule has 1 heterocycles. The van der Waals surface area contributed by atoms with Crippen molar-refractivity contribution in [2.75, 3.05) is 0 Å². The van der Waals surface area contributed by atoms with Gasteiger partial charge in [-0.15, -0.1) is 0 Å². The van der Waals surface area contributed by atoms with Crippen molar-refractivity contribution in [1.82, 2.24) is 9.55 Å². The maximum atomic E-state index is 4.05. The number of aryl methyl sites for hydroxylation is 3. The van der Waals surface area contributed by atoms with Crippen LogP contribution in [0.15, 0.2) is 42.7 Å². The van der Waals surface area contributed by atoms with E-state index in [1.54, 1.807) is 0 Å². The molecule has 0 unspecified atom stereocenters. The highest BCUT2D eigenvalue weighted by Crippen LogP contribution is 1.92. The average Bonchev–Trinajstić information content (AvgIpc) is 2.66. The van der Waals surface area contributed by atoms with E-state index in [0.717, 1.165) is 12.4 Å². The van der Waals surface area contributed by atoms with Gasteiger partial charge in [0.2, 0.25) is 0 Å². The Kier molecular flexibility index (Phi) is 4.61. The molecule has 2 heteroatoms. The van der Waals surface area contributed by atoms with Gasteiger partial charge in [-0.05, 0) is 20.8 Å². The second-order valence-corrected chi connectivity index (χ2v) is 3.42. The predicted molar refractivity (Wildman–Crippen MR) is 63.8 cm³/mol. The molecular weight excluding hydrogens is 184 g/mol. The zero-order chi connectivity index (χ0) is 11.1. The van der Waals surface area contributed by atoms with Crippen molar-refractivity contribution in [3.63, 3.8) is 0 Å². The summed E-state index contributed by atoms with van der Waals surface area (Å²) in [5.74, 6) is 1.09. The molecule has 2 aromatic rings. The second-order valence-electron chi connectivity index (χ2n) is 3.42. The molecule has 0 N–H and O–H groups in total. The molecule has 0 atom stereocenters. The fraction of sp³-hybridized carbons (Fsp3) is 0.308. The van der Waals surface area contributed by atoms with E-state index in [0.29, 0.717) is 0 Å². The van der Waals surface area contributed by atoms with Crippen LogP contribution in [0, 0.1) is 13.8 Å². The minimum absolute atomic E-state index is 1.02. The van der Waals surface area contributed by atoms with E-state index in [9.17, 15) is 0 Å². The van der Waals surface area contributed by atoms with Gasteiger partial charge in [0.25, 0.3) is 0 Å². The lowest BCUT2D eigenvalue weighted by Crippen LogP contribution is -1.93. The Bertz CT molecular complexity index is 376. The molecule has 15 heavy (non-hydrogen) atoms. The van der Waals surface area contributed by atoms with Crippen molar-refractivity contribution in [2.45, 2.75) is 27.3 Å². The van der Waals surface area contributed by atoms with Gasteiger partial charge >= 0.3 is 0 Å². The fourth-order valence-corrected chi connectivity index (χ4v) is 1.27. The second kappa shape index (κ2) is 6.02. The first-order chi connectivity index (χ1) is 7.24. The third-order valence-corrected chi connectivity index (χ3v) is 2.20. The van der Waals surface area contributed by atoms with Crippen LogP contribution in [0.25, 0.3) is 0 Å².